The molecule has 7 heteroatoms. The van der Waals surface area contributed by atoms with Gasteiger partial charge in [-0.2, -0.15) is 0 Å². The van der Waals surface area contributed by atoms with Gasteiger partial charge in [-0.25, -0.2) is 0 Å². The van der Waals surface area contributed by atoms with Crippen LogP contribution in [0, 0.1) is 0 Å². The molecular formula is C16H14Cl2N2O3. The first-order valence-corrected chi connectivity index (χ1v) is 7.38. The number of ether oxygens (including phenoxy) is 1. The van der Waals surface area contributed by atoms with Crippen molar-refractivity contribution in [2.75, 3.05) is 17.7 Å². The highest BCUT2D eigenvalue weighted by atomic mass is 35.5. The molecule has 2 aromatic rings. The van der Waals surface area contributed by atoms with Crippen molar-refractivity contribution in [1.82, 2.24) is 0 Å². The summed E-state index contributed by atoms with van der Waals surface area (Å²) in [5, 5.41) is 6.02. The van der Waals surface area contributed by atoms with Crippen LogP contribution in [0.2, 0.25) is 10.0 Å². The monoisotopic (exact) mass is 352 g/mol. The largest absolute Gasteiger partial charge is 0.496 e. The predicted molar refractivity (Wildman–Crippen MR) is 91.7 cm³/mol. The van der Waals surface area contributed by atoms with Gasteiger partial charge in [0, 0.05) is 23.7 Å². The Morgan fingerprint density at radius 1 is 1.09 bits per heavy atom. The molecule has 0 fully saturated rings. The number of hydrogen-bond acceptors (Lipinski definition) is 3. The number of rotatable bonds is 4. The van der Waals surface area contributed by atoms with Gasteiger partial charge in [-0.1, -0.05) is 29.3 Å². The first-order chi connectivity index (χ1) is 10.9. The third-order valence-corrected chi connectivity index (χ3v) is 3.47. The molecule has 2 rings (SSSR count). The highest BCUT2D eigenvalue weighted by molar-refractivity contribution is 6.34. The highest BCUT2D eigenvalue weighted by Crippen LogP contribution is 2.31. The summed E-state index contributed by atoms with van der Waals surface area (Å²) >= 11 is 12.0. The molecule has 5 nitrogen and oxygen atoms in total. The lowest BCUT2D eigenvalue weighted by atomic mass is 10.1. The lowest BCUT2D eigenvalue weighted by Crippen LogP contribution is -2.14. The van der Waals surface area contributed by atoms with Crippen LogP contribution in [-0.2, 0) is 4.79 Å². The van der Waals surface area contributed by atoms with Gasteiger partial charge in [0.1, 0.15) is 5.75 Å². The summed E-state index contributed by atoms with van der Waals surface area (Å²) in [6, 6.07) is 9.70. The summed E-state index contributed by atoms with van der Waals surface area (Å²) < 4.78 is 5.21. The fourth-order valence-corrected chi connectivity index (χ4v) is 2.35. The maximum Gasteiger partial charge on any atom is 0.259 e. The van der Waals surface area contributed by atoms with Gasteiger partial charge in [0.25, 0.3) is 5.91 Å². The standard InChI is InChI=1S/C16H14Cl2N2O3/c1-9(21)19-14-8-15(23-2)12(7-13(14)18)16(22)20-11-5-3-4-10(17)6-11/h3-8H,1-2H3,(H,19,21)(H,20,22). The molecule has 2 amide bonds. The van der Waals surface area contributed by atoms with E-state index in [1.165, 1.54) is 26.2 Å². The number of benzene rings is 2. The van der Waals surface area contributed by atoms with E-state index in [2.05, 4.69) is 10.6 Å². The Bertz CT molecular complexity index is 763. The van der Waals surface area contributed by atoms with Crippen LogP contribution in [0.1, 0.15) is 17.3 Å². The summed E-state index contributed by atoms with van der Waals surface area (Å²) in [5.41, 5.74) is 1.16. The average Bonchev–Trinajstić information content (AvgIpc) is 2.48. The maximum absolute atomic E-state index is 12.4. The van der Waals surface area contributed by atoms with E-state index >= 15 is 0 Å². The molecular weight excluding hydrogens is 339 g/mol. The van der Waals surface area contributed by atoms with Crippen LogP contribution in [0.5, 0.6) is 5.75 Å². The zero-order valence-electron chi connectivity index (χ0n) is 12.4. The summed E-state index contributed by atoms with van der Waals surface area (Å²) in [5.74, 6) is -0.386. The predicted octanol–water partition coefficient (Wildman–Crippen LogP) is 4.21. The van der Waals surface area contributed by atoms with Crippen molar-refractivity contribution in [3.63, 3.8) is 0 Å². The Morgan fingerprint density at radius 3 is 2.43 bits per heavy atom. The second-order valence-corrected chi connectivity index (χ2v) is 5.52. The number of amides is 2. The number of hydrogen-bond donors (Lipinski definition) is 2. The third-order valence-electron chi connectivity index (χ3n) is 2.93. The van der Waals surface area contributed by atoms with Crippen molar-refractivity contribution < 1.29 is 14.3 Å². The molecule has 120 valence electrons. The first-order valence-electron chi connectivity index (χ1n) is 6.62. The van der Waals surface area contributed by atoms with E-state index in [-0.39, 0.29) is 22.2 Å². The summed E-state index contributed by atoms with van der Waals surface area (Å²) in [4.78, 5) is 23.6. The Balaban J connectivity index is 2.32. The van der Waals surface area contributed by atoms with Gasteiger partial charge >= 0.3 is 0 Å². The Labute approximate surface area is 143 Å². The lowest BCUT2D eigenvalue weighted by molar-refractivity contribution is -0.114. The first kappa shape index (κ1) is 17.1. The van der Waals surface area contributed by atoms with E-state index in [9.17, 15) is 9.59 Å². The Hall–Kier alpha value is -2.24. The quantitative estimate of drug-likeness (QED) is 0.865. The van der Waals surface area contributed by atoms with E-state index in [0.29, 0.717) is 16.4 Å². The number of methoxy groups -OCH3 is 1. The van der Waals surface area contributed by atoms with Crippen molar-refractivity contribution in [3.8, 4) is 5.75 Å². The molecule has 0 aliphatic rings. The van der Waals surface area contributed by atoms with E-state index in [0.717, 1.165) is 0 Å². The summed E-state index contributed by atoms with van der Waals surface area (Å²) in [6.45, 7) is 1.36. The van der Waals surface area contributed by atoms with Crippen LogP contribution >= 0.6 is 23.2 Å². The molecule has 23 heavy (non-hydrogen) atoms. The molecule has 2 N–H and O–H groups in total. The minimum absolute atomic E-state index is 0.234. The number of halogens is 2. The fourth-order valence-electron chi connectivity index (χ4n) is 1.95. The normalized spacial score (nSPS) is 10.1. The van der Waals surface area contributed by atoms with Crippen molar-refractivity contribution >= 4 is 46.4 Å². The summed E-state index contributed by atoms with van der Waals surface area (Å²) in [6.07, 6.45) is 0. The van der Waals surface area contributed by atoms with E-state index in [1.54, 1.807) is 24.3 Å². The zero-order valence-corrected chi connectivity index (χ0v) is 14.0. The molecule has 0 aliphatic carbocycles. The Morgan fingerprint density at radius 2 is 1.83 bits per heavy atom. The molecule has 0 radical (unpaired) electrons. The minimum Gasteiger partial charge on any atom is -0.496 e. The minimum atomic E-state index is -0.402. The molecule has 0 heterocycles. The van der Waals surface area contributed by atoms with Crippen LogP contribution in [0.4, 0.5) is 11.4 Å². The van der Waals surface area contributed by atoms with Gasteiger partial charge in [-0.05, 0) is 24.3 Å². The molecule has 0 bridgehead atoms. The van der Waals surface area contributed by atoms with Gasteiger partial charge in [-0.15, -0.1) is 0 Å². The number of carbonyl (C=O) groups excluding carboxylic acids is 2. The van der Waals surface area contributed by atoms with Crippen molar-refractivity contribution in [1.29, 1.82) is 0 Å². The van der Waals surface area contributed by atoms with Crippen LogP contribution < -0.4 is 15.4 Å². The Kier molecular flexibility index (Phi) is 5.47. The zero-order chi connectivity index (χ0) is 17.0. The second-order valence-electron chi connectivity index (χ2n) is 4.68. The highest BCUT2D eigenvalue weighted by Gasteiger charge is 2.17. The summed E-state index contributed by atoms with van der Waals surface area (Å²) in [7, 11) is 1.43. The number of anilines is 2. The van der Waals surface area contributed by atoms with Crippen molar-refractivity contribution in [3.05, 3.63) is 52.0 Å². The molecule has 0 aromatic heterocycles. The molecule has 0 unspecified atom stereocenters. The van der Waals surface area contributed by atoms with Crippen LogP contribution in [0.15, 0.2) is 36.4 Å². The number of nitrogens with one attached hydrogen (secondary N) is 2. The fraction of sp³-hybridized carbons (Fsp3) is 0.125. The van der Waals surface area contributed by atoms with Gasteiger partial charge in [0.2, 0.25) is 5.91 Å². The van der Waals surface area contributed by atoms with Gasteiger partial charge in [0.05, 0.1) is 23.4 Å². The molecule has 0 aliphatic heterocycles. The topological polar surface area (TPSA) is 67.4 Å². The number of carbonyl (C=O) groups is 2. The third kappa shape index (κ3) is 4.37. The van der Waals surface area contributed by atoms with E-state index < -0.39 is 5.91 Å². The van der Waals surface area contributed by atoms with Crippen LogP contribution in [-0.4, -0.2) is 18.9 Å². The maximum atomic E-state index is 12.4. The average molecular weight is 353 g/mol. The van der Waals surface area contributed by atoms with Gasteiger partial charge in [0.15, 0.2) is 0 Å². The molecule has 0 saturated carbocycles. The van der Waals surface area contributed by atoms with Crippen molar-refractivity contribution in [2.45, 2.75) is 6.92 Å². The lowest BCUT2D eigenvalue weighted by Gasteiger charge is -2.13. The van der Waals surface area contributed by atoms with Crippen LogP contribution in [0.3, 0.4) is 0 Å². The van der Waals surface area contributed by atoms with E-state index in [4.69, 9.17) is 27.9 Å². The SMILES string of the molecule is COc1cc(NC(C)=O)c(Cl)cc1C(=O)Nc1cccc(Cl)c1. The van der Waals surface area contributed by atoms with Gasteiger partial charge in [-0.3, -0.25) is 9.59 Å². The molecule has 0 spiro atoms. The smallest absolute Gasteiger partial charge is 0.259 e. The second kappa shape index (κ2) is 7.35. The van der Waals surface area contributed by atoms with E-state index in [1.807, 2.05) is 0 Å². The van der Waals surface area contributed by atoms with Gasteiger partial charge < -0.3 is 15.4 Å². The molecule has 2 aromatic carbocycles. The van der Waals surface area contributed by atoms with Crippen molar-refractivity contribution in [2.24, 2.45) is 0 Å². The molecule has 0 atom stereocenters. The van der Waals surface area contributed by atoms with Crippen LogP contribution in [0.25, 0.3) is 0 Å². The molecule has 0 saturated heterocycles.